The van der Waals surface area contributed by atoms with Gasteiger partial charge in [-0.3, -0.25) is 4.79 Å². The fourth-order valence-corrected chi connectivity index (χ4v) is 2.86. The standard InChI is InChI=1S/C20H23NO3/c22-20(21-13-7-2-8-14-21)18-11-5-6-12-19(18)24-16-15-23-17-9-3-1-4-10-17/h1,3-6,9-12H,2,7-8,13-16H2. The van der Waals surface area contributed by atoms with Gasteiger partial charge in [0, 0.05) is 13.1 Å². The van der Waals surface area contributed by atoms with Crippen molar-refractivity contribution in [3.8, 4) is 11.5 Å². The topological polar surface area (TPSA) is 38.8 Å². The van der Waals surface area contributed by atoms with Crippen molar-refractivity contribution >= 4 is 5.91 Å². The predicted molar refractivity (Wildman–Crippen MR) is 93.6 cm³/mol. The summed E-state index contributed by atoms with van der Waals surface area (Å²) < 4.78 is 11.4. The molecule has 0 radical (unpaired) electrons. The Morgan fingerprint density at radius 1 is 0.833 bits per heavy atom. The molecule has 0 spiro atoms. The predicted octanol–water partition coefficient (Wildman–Crippen LogP) is 3.77. The van der Waals surface area contributed by atoms with E-state index in [0.717, 1.165) is 31.7 Å². The molecule has 1 aliphatic heterocycles. The summed E-state index contributed by atoms with van der Waals surface area (Å²) >= 11 is 0. The molecule has 24 heavy (non-hydrogen) atoms. The van der Waals surface area contributed by atoms with E-state index in [0.29, 0.717) is 24.5 Å². The molecule has 3 rings (SSSR count). The number of carbonyl (C=O) groups excluding carboxylic acids is 1. The molecule has 0 N–H and O–H groups in total. The fourth-order valence-electron chi connectivity index (χ4n) is 2.86. The SMILES string of the molecule is O=C(c1ccccc1OCCOc1ccccc1)N1CCCCC1. The lowest BCUT2D eigenvalue weighted by molar-refractivity contribution is 0.0719. The maximum atomic E-state index is 12.7. The molecular formula is C20H23NO3. The first-order valence-corrected chi connectivity index (χ1v) is 8.53. The first kappa shape index (κ1) is 16.4. The lowest BCUT2D eigenvalue weighted by Crippen LogP contribution is -2.35. The maximum Gasteiger partial charge on any atom is 0.257 e. The number of benzene rings is 2. The number of likely N-dealkylation sites (tertiary alicyclic amines) is 1. The van der Waals surface area contributed by atoms with Crippen molar-refractivity contribution in [2.24, 2.45) is 0 Å². The molecule has 0 unspecified atom stereocenters. The third-order valence-corrected chi connectivity index (χ3v) is 4.11. The van der Waals surface area contributed by atoms with Gasteiger partial charge in [-0.05, 0) is 43.5 Å². The van der Waals surface area contributed by atoms with E-state index in [9.17, 15) is 4.79 Å². The molecule has 0 bridgehead atoms. The smallest absolute Gasteiger partial charge is 0.257 e. The van der Waals surface area contributed by atoms with E-state index >= 15 is 0 Å². The van der Waals surface area contributed by atoms with Gasteiger partial charge < -0.3 is 14.4 Å². The Kier molecular flexibility index (Phi) is 5.72. The molecule has 1 saturated heterocycles. The highest BCUT2D eigenvalue weighted by Gasteiger charge is 2.21. The summed E-state index contributed by atoms with van der Waals surface area (Å²) in [4.78, 5) is 14.6. The maximum absolute atomic E-state index is 12.7. The van der Waals surface area contributed by atoms with E-state index in [1.54, 1.807) is 0 Å². The van der Waals surface area contributed by atoms with Crippen LogP contribution >= 0.6 is 0 Å². The highest BCUT2D eigenvalue weighted by Crippen LogP contribution is 2.22. The van der Waals surface area contributed by atoms with Crippen LogP contribution in [0.2, 0.25) is 0 Å². The number of para-hydroxylation sites is 2. The van der Waals surface area contributed by atoms with Crippen molar-refractivity contribution in [2.45, 2.75) is 19.3 Å². The van der Waals surface area contributed by atoms with E-state index in [1.807, 2.05) is 59.5 Å². The van der Waals surface area contributed by atoms with Crippen LogP contribution in [-0.2, 0) is 0 Å². The summed E-state index contributed by atoms with van der Waals surface area (Å²) in [5.41, 5.74) is 0.638. The summed E-state index contributed by atoms with van der Waals surface area (Å²) in [6.45, 7) is 2.52. The van der Waals surface area contributed by atoms with Gasteiger partial charge in [0.05, 0.1) is 5.56 Å². The molecule has 0 saturated carbocycles. The Morgan fingerprint density at radius 3 is 2.29 bits per heavy atom. The molecule has 1 fully saturated rings. The molecule has 126 valence electrons. The second-order valence-corrected chi connectivity index (χ2v) is 5.86. The largest absolute Gasteiger partial charge is 0.490 e. The summed E-state index contributed by atoms with van der Waals surface area (Å²) in [5.74, 6) is 1.51. The average molecular weight is 325 g/mol. The van der Waals surface area contributed by atoms with Crippen LogP contribution in [0.3, 0.4) is 0 Å². The van der Waals surface area contributed by atoms with Crippen molar-refractivity contribution in [1.29, 1.82) is 0 Å². The molecule has 0 atom stereocenters. The highest BCUT2D eigenvalue weighted by molar-refractivity contribution is 5.97. The monoisotopic (exact) mass is 325 g/mol. The van der Waals surface area contributed by atoms with Gasteiger partial charge in [0.25, 0.3) is 5.91 Å². The Labute approximate surface area is 143 Å². The lowest BCUT2D eigenvalue weighted by Gasteiger charge is -2.27. The summed E-state index contributed by atoms with van der Waals surface area (Å²) in [7, 11) is 0. The van der Waals surface area contributed by atoms with Crippen molar-refractivity contribution in [1.82, 2.24) is 4.90 Å². The van der Waals surface area contributed by atoms with Crippen molar-refractivity contribution in [3.05, 3.63) is 60.2 Å². The van der Waals surface area contributed by atoms with Gasteiger partial charge in [-0.1, -0.05) is 30.3 Å². The van der Waals surface area contributed by atoms with E-state index in [2.05, 4.69) is 0 Å². The molecule has 4 nitrogen and oxygen atoms in total. The minimum atomic E-state index is 0.0641. The first-order valence-electron chi connectivity index (χ1n) is 8.53. The number of amides is 1. The van der Waals surface area contributed by atoms with E-state index in [4.69, 9.17) is 9.47 Å². The quantitative estimate of drug-likeness (QED) is 0.759. The third kappa shape index (κ3) is 4.28. The number of nitrogens with zero attached hydrogens (tertiary/aromatic N) is 1. The minimum Gasteiger partial charge on any atom is -0.490 e. The van der Waals surface area contributed by atoms with E-state index in [1.165, 1.54) is 6.42 Å². The number of piperidine rings is 1. The molecule has 0 aromatic heterocycles. The van der Waals surface area contributed by atoms with Gasteiger partial charge in [0.1, 0.15) is 24.7 Å². The molecule has 0 aliphatic carbocycles. The highest BCUT2D eigenvalue weighted by atomic mass is 16.5. The Hall–Kier alpha value is -2.49. The molecule has 1 amide bonds. The van der Waals surface area contributed by atoms with Crippen LogP contribution in [0, 0.1) is 0 Å². The first-order chi connectivity index (χ1) is 11.8. The van der Waals surface area contributed by atoms with Crippen LogP contribution in [0.25, 0.3) is 0 Å². The number of hydrogen-bond acceptors (Lipinski definition) is 3. The number of hydrogen-bond donors (Lipinski definition) is 0. The van der Waals surface area contributed by atoms with Crippen LogP contribution in [0.15, 0.2) is 54.6 Å². The van der Waals surface area contributed by atoms with Crippen LogP contribution in [0.5, 0.6) is 11.5 Å². The van der Waals surface area contributed by atoms with Crippen LogP contribution in [0.1, 0.15) is 29.6 Å². The molecule has 1 aliphatic rings. The van der Waals surface area contributed by atoms with Gasteiger partial charge in [-0.15, -0.1) is 0 Å². The molecular weight excluding hydrogens is 302 g/mol. The second kappa shape index (κ2) is 8.39. The van der Waals surface area contributed by atoms with Gasteiger partial charge in [-0.2, -0.15) is 0 Å². The van der Waals surface area contributed by atoms with E-state index < -0.39 is 0 Å². The lowest BCUT2D eigenvalue weighted by atomic mass is 10.1. The minimum absolute atomic E-state index is 0.0641. The van der Waals surface area contributed by atoms with E-state index in [-0.39, 0.29) is 5.91 Å². The fraction of sp³-hybridized carbons (Fsp3) is 0.350. The number of rotatable bonds is 6. The van der Waals surface area contributed by atoms with Crippen LogP contribution in [0.4, 0.5) is 0 Å². The van der Waals surface area contributed by atoms with Gasteiger partial charge >= 0.3 is 0 Å². The molecule has 4 heteroatoms. The third-order valence-electron chi connectivity index (χ3n) is 4.11. The molecule has 1 heterocycles. The zero-order valence-electron chi connectivity index (χ0n) is 13.8. The average Bonchev–Trinajstić information content (AvgIpc) is 2.66. The Morgan fingerprint density at radius 2 is 1.50 bits per heavy atom. The van der Waals surface area contributed by atoms with Crippen molar-refractivity contribution < 1.29 is 14.3 Å². The summed E-state index contributed by atoms with van der Waals surface area (Å²) in [6.07, 6.45) is 3.37. The molecule has 2 aromatic carbocycles. The normalized spacial score (nSPS) is 14.2. The van der Waals surface area contributed by atoms with Crippen molar-refractivity contribution in [3.63, 3.8) is 0 Å². The zero-order valence-corrected chi connectivity index (χ0v) is 13.8. The molecule has 2 aromatic rings. The summed E-state index contributed by atoms with van der Waals surface area (Å²) in [5, 5.41) is 0. The Bertz CT molecular complexity index is 651. The van der Waals surface area contributed by atoms with Gasteiger partial charge in [0.2, 0.25) is 0 Å². The van der Waals surface area contributed by atoms with Crippen molar-refractivity contribution in [2.75, 3.05) is 26.3 Å². The summed E-state index contributed by atoms with van der Waals surface area (Å²) in [6, 6.07) is 17.1. The number of ether oxygens (including phenoxy) is 2. The van der Waals surface area contributed by atoms with Crippen LogP contribution < -0.4 is 9.47 Å². The second-order valence-electron chi connectivity index (χ2n) is 5.86. The van der Waals surface area contributed by atoms with Gasteiger partial charge in [-0.25, -0.2) is 0 Å². The zero-order chi connectivity index (χ0) is 16.6. The Balaban J connectivity index is 1.56. The van der Waals surface area contributed by atoms with Gasteiger partial charge in [0.15, 0.2) is 0 Å². The van der Waals surface area contributed by atoms with Crippen LogP contribution in [-0.4, -0.2) is 37.1 Å². The number of carbonyl (C=O) groups is 1.